The van der Waals surface area contributed by atoms with Crippen LogP contribution in [0.1, 0.15) is 24.2 Å². The monoisotopic (exact) mass is 288 g/mol. The molecule has 20 heavy (non-hydrogen) atoms. The summed E-state index contributed by atoms with van der Waals surface area (Å²) in [5, 5.41) is 2.61. The molecular formula is C13H18F2N2O3. The van der Waals surface area contributed by atoms with Crippen LogP contribution >= 0.6 is 0 Å². The second kappa shape index (κ2) is 6.51. The minimum Gasteiger partial charge on any atom is -0.493 e. The van der Waals surface area contributed by atoms with Gasteiger partial charge in [-0.1, -0.05) is 0 Å². The number of methoxy groups -OCH3 is 1. The molecule has 1 aromatic rings. The average molecular weight is 288 g/mol. The predicted octanol–water partition coefficient (Wildman–Crippen LogP) is 1.76. The minimum absolute atomic E-state index is 0.126. The van der Waals surface area contributed by atoms with Crippen molar-refractivity contribution in [1.29, 1.82) is 0 Å². The summed E-state index contributed by atoms with van der Waals surface area (Å²) in [6.45, 7) is 0.771. The molecule has 0 aliphatic rings. The zero-order valence-corrected chi connectivity index (χ0v) is 11.6. The maximum Gasteiger partial charge on any atom is 0.387 e. The molecule has 0 saturated carbocycles. The smallest absolute Gasteiger partial charge is 0.387 e. The Kier molecular flexibility index (Phi) is 5.26. The highest BCUT2D eigenvalue weighted by Crippen LogP contribution is 2.29. The molecule has 0 unspecified atom stereocenters. The van der Waals surface area contributed by atoms with Gasteiger partial charge in [0.25, 0.3) is 5.91 Å². The van der Waals surface area contributed by atoms with Crippen LogP contribution < -0.4 is 20.5 Å². The van der Waals surface area contributed by atoms with Crippen molar-refractivity contribution in [2.75, 3.05) is 13.7 Å². The summed E-state index contributed by atoms with van der Waals surface area (Å²) in [4.78, 5) is 11.9. The van der Waals surface area contributed by atoms with Crippen molar-refractivity contribution in [1.82, 2.24) is 5.32 Å². The van der Waals surface area contributed by atoms with Crippen molar-refractivity contribution >= 4 is 5.91 Å². The van der Waals surface area contributed by atoms with Crippen LogP contribution in [0.25, 0.3) is 0 Å². The molecule has 0 spiro atoms. The fourth-order valence-corrected chi connectivity index (χ4v) is 1.42. The summed E-state index contributed by atoms with van der Waals surface area (Å²) in [6, 6.07) is 4.04. The number of halogens is 2. The highest BCUT2D eigenvalue weighted by atomic mass is 19.3. The van der Waals surface area contributed by atoms with E-state index in [1.807, 2.05) is 0 Å². The van der Waals surface area contributed by atoms with Crippen molar-refractivity contribution in [3.8, 4) is 11.5 Å². The fraction of sp³-hybridized carbons (Fsp3) is 0.462. The predicted molar refractivity (Wildman–Crippen MR) is 70.2 cm³/mol. The fourth-order valence-electron chi connectivity index (χ4n) is 1.42. The number of alkyl halides is 2. The zero-order chi connectivity index (χ0) is 15.3. The number of nitrogens with one attached hydrogen (secondary N) is 1. The van der Waals surface area contributed by atoms with Crippen molar-refractivity contribution in [2.24, 2.45) is 5.73 Å². The first-order chi connectivity index (χ1) is 9.23. The molecule has 0 atom stereocenters. The topological polar surface area (TPSA) is 73.6 Å². The Balaban J connectivity index is 2.87. The summed E-state index contributed by atoms with van der Waals surface area (Å²) in [5.74, 6) is -0.492. The number of amides is 1. The molecule has 1 amide bonds. The van der Waals surface area contributed by atoms with Gasteiger partial charge in [0, 0.05) is 17.6 Å². The van der Waals surface area contributed by atoms with Gasteiger partial charge in [0.2, 0.25) is 0 Å². The Morgan fingerprint density at radius 2 is 2.05 bits per heavy atom. The number of ether oxygens (including phenoxy) is 2. The molecule has 0 bridgehead atoms. The summed E-state index contributed by atoms with van der Waals surface area (Å²) in [7, 11) is 1.32. The number of hydrogen-bond donors (Lipinski definition) is 2. The molecule has 0 aromatic heterocycles. The van der Waals surface area contributed by atoms with Crippen LogP contribution in [0.2, 0.25) is 0 Å². The first-order valence-electron chi connectivity index (χ1n) is 5.93. The van der Waals surface area contributed by atoms with Gasteiger partial charge in [-0.15, -0.1) is 0 Å². The van der Waals surface area contributed by atoms with Crippen LogP contribution in [0.15, 0.2) is 18.2 Å². The number of carbonyl (C=O) groups is 1. The van der Waals surface area contributed by atoms with Gasteiger partial charge in [0.05, 0.1) is 7.11 Å². The largest absolute Gasteiger partial charge is 0.493 e. The average Bonchev–Trinajstić information content (AvgIpc) is 2.34. The van der Waals surface area contributed by atoms with Crippen LogP contribution in [0.4, 0.5) is 8.78 Å². The van der Waals surface area contributed by atoms with Crippen LogP contribution in [0.3, 0.4) is 0 Å². The van der Waals surface area contributed by atoms with E-state index in [0.717, 1.165) is 0 Å². The van der Waals surface area contributed by atoms with Gasteiger partial charge >= 0.3 is 6.61 Å². The highest BCUT2D eigenvalue weighted by Gasteiger charge is 2.16. The highest BCUT2D eigenvalue weighted by molar-refractivity contribution is 5.94. The lowest BCUT2D eigenvalue weighted by Crippen LogP contribution is -2.45. The third kappa shape index (κ3) is 5.00. The van der Waals surface area contributed by atoms with E-state index in [-0.39, 0.29) is 23.6 Å². The second-order valence-corrected chi connectivity index (χ2v) is 4.92. The van der Waals surface area contributed by atoms with Gasteiger partial charge in [-0.2, -0.15) is 8.78 Å². The molecule has 1 rings (SSSR count). The zero-order valence-electron chi connectivity index (χ0n) is 11.6. The molecule has 3 N–H and O–H groups in total. The van der Waals surface area contributed by atoms with Gasteiger partial charge in [-0.3, -0.25) is 4.79 Å². The Labute approximate surface area is 116 Å². The van der Waals surface area contributed by atoms with E-state index in [1.54, 1.807) is 13.8 Å². The summed E-state index contributed by atoms with van der Waals surface area (Å²) in [5.41, 5.74) is 5.37. The maximum atomic E-state index is 12.3. The summed E-state index contributed by atoms with van der Waals surface area (Å²) >= 11 is 0. The normalized spacial score (nSPS) is 11.3. The van der Waals surface area contributed by atoms with E-state index in [4.69, 9.17) is 10.5 Å². The lowest BCUT2D eigenvalue weighted by molar-refractivity contribution is -0.0512. The molecule has 0 heterocycles. The number of rotatable bonds is 6. The van der Waals surface area contributed by atoms with Crippen LogP contribution in [-0.4, -0.2) is 31.7 Å². The first-order valence-corrected chi connectivity index (χ1v) is 5.93. The van der Waals surface area contributed by atoms with Crippen molar-refractivity contribution < 1.29 is 23.0 Å². The number of hydrogen-bond acceptors (Lipinski definition) is 4. The molecular weight excluding hydrogens is 270 g/mol. The number of carbonyl (C=O) groups excluding carboxylic acids is 1. The maximum absolute atomic E-state index is 12.3. The van der Waals surface area contributed by atoms with E-state index in [9.17, 15) is 13.6 Å². The van der Waals surface area contributed by atoms with Crippen molar-refractivity contribution in [2.45, 2.75) is 26.0 Å². The third-order valence-electron chi connectivity index (χ3n) is 2.35. The van der Waals surface area contributed by atoms with Gasteiger partial charge in [0.1, 0.15) is 0 Å². The quantitative estimate of drug-likeness (QED) is 0.836. The van der Waals surface area contributed by atoms with Crippen molar-refractivity contribution in [3.05, 3.63) is 23.8 Å². The lowest BCUT2D eigenvalue weighted by Gasteiger charge is -2.19. The van der Waals surface area contributed by atoms with Gasteiger partial charge in [-0.05, 0) is 32.0 Å². The van der Waals surface area contributed by atoms with Gasteiger partial charge in [-0.25, -0.2) is 0 Å². The summed E-state index contributed by atoms with van der Waals surface area (Å²) < 4.78 is 33.8. The van der Waals surface area contributed by atoms with E-state index >= 15 is 0 Å². The van der Waals surface area contributed by atoms with Crippen LogP contribution in [0.5, 0.6) is 11.5 Å². The summed E-state index contributed by atoms with van der Waals surface area (Å²) in [6.07, 6.45) is 0. The molecule has 112 valence electrons. The standard InChI is InChI=1S/C13H18F2N2O3/c1-13(2,16)7-17-11(18)8-4-5-9(19-3)10(6-8)20-12(14)15/h4-6,12H,7,16H2,1-3H3,(H,17,18). The van der Waals surface area contributed by atoms with E-state index in [2.05, 4.69) is 10.1 Å². The minimum atomic E-state index is -3.00. The van der Waals surface area contributed by atoms with E-state index in [0.29, 0.717) is 0 Å². The molecule has 0 fully saturated rings. The van der Waals surface area contributed by atoms with Gasteiger partial charge in [0.15, 0.2) is 11.5 Å². The first kappa shape index (κ1) is 16.2. The molecule has 0 saturated heterocycles. The SMILES string of the molecule is COc1ccc(C(=O)NCC(C)(C)N)cc1OC(F)F. The Morgan fingerprint density at radius 3 is 2.55 bits per heavy atom. The molecule has 1 aromatic carbocycles. The molecule has 0 aliphatic carbocycles. The Hall–Kier alpha value is -1.89. The van der Waals surface area contributed by atoms with Crippen LogP contribution in [-0.2, 0) is 0 Å². The van der Waals surface area contributed by atoms with E-state index in [1.165, 1.54) is 25.3 Å². The van der Waals surface area contributed by atoms with E-state index < -0.39 is 18.1 Å². The lowest BCUT2D eigenvalue weighted by atomic mass is 10.1. The van der Waals surface area contributed by atoms with Crippen LogP contribution in [0, 0.1) is 0 Å². The molecule has 0 aliphatic heterocycles. The van der Waals surface area contributed by atoms with Crippen molar-refractivity contribution in [3.63, 3.8) is 0 Å². The molecule has 5 nitrogen and oxygen atoms in total. The second-order valence-electron chi connectivity index (χ2n) is 4.92. The number of nitrogens with two attached hydrogens (primary N) is 1. The Bertz CT molecular complexity index is 473. The van der Waals surface area contributed by atoms with Gasteiger partial charge < -0.3 is 20.5 Å². The molecule has 0 radical (unpaired) electrons. The molecule has 7 heteroatoms. The third-order valence-corrected chi connectivity index (χ3v) is 2.35. The Morgan fingerprint density at radius 1 is 1.40 bits per heavy atom. The number of benzene rings is 1.